The quantitative estimate of drug-likeness (QED) is 0.862. The molecule has 1 aromatic heterocycles. The van der Waals surface area contributed by atoms with Gasteiger partial charge < -0.3 is 19.9 Å². The molecule has 21 heavy (non-hydrogen) atoms. The van der Waals surface area contributed by atoms with Crippen molar-refractivity contribution in [1.82, 2.24) is 9.55 Å². The minimum atomic E-state index is -0.512. The number of aromatic nitrogens is 2. The van der Waals surface area contributed by atoms with Gasteiger partial charge in [0.05, 0.1) is 18.1 Å². The van der Waals surface area contributed by atoms with Crippen molar-refractivity contribution in [2.24, 2.45) is 0 Å². The van der Waals surface area contributed by atoms with Crippen LogP contribution in [-0.4, -0.2) is 35.8 Å². The molecule has 1 aliphatic rings. The molecule has 0 saturated carbocycles. The van der Waals surface area contributed by atoms with Crippen LogP contribution >= 0.6 is 0 Å². The molecule has 2 heterocycles. The predicted octanol–water partition coefficient (Wildman–Crippen LogP) is 1.51. The maximum atomic E-state index is 11.9. The Kier molecular flexibility index (Phi) is 3.32. The fourth-order valence-corrected chi connectivity index (χ4v) is 2.57. The number of nitrogens with two attached hydrogens (primary N) is 1. The van der Waals surface area contributed by atoms with Crippen molar-refractivity contribution in [3.8, 4) is 11.5 Å². The number of carbonyl (C=O) groups excluding carboxylic acids is 1. The Balaban J connectivity index is 2.18. The molecule has 0 radical (unpaired) electrons. The van der Waals surface area contributed by atoms with Crippen LogP contribution in [-0.2, 0) is 9.53 Å². The molecule has 0 aliphatic carbocycles. The topological polar surface area (TPSA) is 88.6 Å². The number of hydrogen-bond acceptors (Lipinski definition) is 6. The smallest absolute Gasteiger partial charge is 0.328 e. The number of fused-ring (bicyclic) bond motifs is 2. The first-order chi connectivity index (χ1) is 10.2. The number of imidazole rings is 1. The first-order valence-corrected chi connectivity index (χ1v) is 6.80. The van der Waals surface area contributed by atoms with Crippen molar-refractivity contribution in [2.75, 3.05) is 26.1 Å². The van der Waals surface area contributed by atoms with E-state index in [9.17, 15) is 4.79 Å². The molecular formula is C14H17N3O4. The van der Waals surface area contributed by atoms with Crippen molar-refractivity contribution in [2.45, 2.75) is 19.4 Å². The van der Waals surface area contributed by atoms with E-state index in [-0.39, 0.29) is 11.9 Å². The van der Waals surface area contributed by atoms with Crippen molar-refractivity contribution >= 4 is 23.0 Å². The Hall–Kier alpha value is -2.44. The molecule has 0 spiro atoms. The highest BCUT2D eigenvalue weighted by molar-refractivity contribution is 5.85. The van der Waals surface area contributed by atoms with E-state index in [1.54, 1.807) is 16.7 Å². The maximum absolute atomic E-state index is 11.9. The van der Waals surface area contributed by atoms with Crippen LogP contribution in [0.4, 0.5) is 5.95 Å². The second kappa shape index (κ2) is 5.16. The maximum Gasteiger partial charge on any atom is 0.328 e. The van der Waals surface area contributed by atoms with Gasteiger partial charge in [0.25, 0.3) is 0 Å². The lowest BCUT2D eigenvalue weighted by atomic mass is 10.2. The summed E-state index contributed by atoms with van der Waals surface area (Å²) in [6, 6.07) is 3.07. The molecule has 7 heteroatoms. The van der Waals surface area contributed by atoms with Gasteiger partial charge in [-0.25, -0.2) is 9.78 Å². The van der Waals surface area contributed by atoms with E-state index >= 15 is 0 Å². The first kappa shape index (κ1) is 13.5. The van der Waals surface area contributed by atoms with Crippen molar-refractivity contribution in [3.05, 3.63) is 12.1 Å². The van der Waals surface area contributed by atoms with E-state index in [0.717, 1.165) is 5.52 Å². The molecule has 7 nitrogen and oxygen atoms in total. The summed E-state index contributed by atoms with van der Waals surface area (Å²) >= 11 is 0. The molecule has 2 aromatic rings. The number of rotatable bonds is 3. The number of anilines is 1. The van der Waals surface area contributed by atoms with Gasteiger partial charge in [0.1, 0.15) is 19.3 Å². The van der Waals surface area contributed by atoms with Gasteiger partial charge in [-0.05, 0) is 6.42 Å². The third-order valence-corrected chi connectivity index (χ3v) is 3.55. The minimum Gasteiger partial charge on any atom is -0.486 e. The van der Waals surface area contributed by atoms with E-state index in [0.29, 0.717) is 36.7 Å². The van der Waals surface area contributed by atoms with Crippen LogP contribution in [0.3, 0.4) is 0 Å². The average molecular weight is 291 g/mol. The molecule has 0 amide bonds. The van der Waals surface area contributed by atoms with Gasteiger partial charge in [-0.15, -0.1) is 0 Å². The molecule has 0 saturated heterocycles. The van der Waals surface area contributed by atoms with Crippen molar-refractivity contribution in [3.63, 3.8) is 0 Å². The van der Waals surface area contributed by atoms with E-state index in [4.69, 9.17) is 19.9 Å². The molecule has 112 valence electrons. The molecule has 0 fully saturated rings. The fourth-order valence-electron chi connectivity index (χ4n) is 2.57. The zero-order valence-corrected chi connectivity index (χ0v) is 12.0. The molecular weight excluding hydrogens is 274 g/mol. The Morgan fingerprint density at radius 3 is 2.71 bits per heavy atom. The summed E-state index contributed by atoms with van der Waals surface area (Å²) in [5, 5.41) is 0. The predicted molar refractivity (Wildman–Crippen MR) is 76.5 cm³/mol. The average Bonchev–Trinajstić information content (AvgIpc) is 2.81. The Labute approximate surface area is 121 Å². The zero-order valence-electron chi connectivity index (χ0n) is 12.0. The molecule has 1 aromatic carbocycles. The van der Waals surface area contributed by atoms with Gasteiger partial charge in [0.2, 0.25) is 5.95 Å². The lowest BCUT2D eigenvalue weighted by Crippen LogP contribution is -2.21. The lowest BCUT2D eigenvalue weighted by molar-refractivity contribution is -0.144. The number of hydrogen-bond donors (Lipinski definition) is 1. The first-order valence-electron chi connectivity index (χ1n) is 6.80. The number of ether oxygens (including phenoxy) is 3. The van der Waals surface area contributed by atoms with E-state index < -0.39 is 6.04 Å². The second-order valence-corrected chi connectivity index (χ2v) is 4.77. The van der Waals surface area contributed by atoms with Gasteiger partial charge in [-0.1, -0.05) is 6.92 Å². The summed E-state index contributed by atoms with van der Waals surface area (Å²) in [7, 11) is 1.36. The number of benzene rings is 1. The number of methoxy groups -OCH3 is 1. The number of nitrogens with zero attached hydrogens (tertiary/aromatic N) is 2. The van der Waals surface area contributed by atoms with Crippen LogP contribution in [0.2, 0.25) is 0 Å². The normalized spacial score (nSPS) is 15.0. The highest BCUT2D eigenvalue weighted by Gasteiger charge is 2.25. The standard InChI is InChI=1S/C14H17N3O4/c1-3-9(13(18)19-2)17-10-7-12-11(20-4-5-21-12)6-8(10)16-14(17)15/h6-7,9H,3-5H2,1-2H3,(H2,15,16). The van der Waals surface area contributed by atoms with Crippen LogP contribution in [0.25, 0.3) is 11.0 Å². The highest BCUT2D eigenvalue weighted by atomic mass is 16.6. The van der Waals surface area contributed by atoms with E-state index in [2.05, 4.69) is 4.98 Å². The SMILES string of the molecule is CCC(C(=O)OC)n1c(N)nc2cc3c(cc21)OCCO3. The van der Waals surface area contributed by atoms with Crippen molar-refractivity contribution in [1.29, 1.82) is 0 Å². The number of carbonyl (C=O) groups is 1. The number of nitrogen functional groups attached to an aromatic ring is 1. The summed E-state index contributed by atoms with van der Waals surface area (Å²) in [5.41, 5.74) is 7.38. The zero-order chi connectivity index (χ0) is 15.0. The van der Waals surface area contributed by atoms with E-state index in [1.807, 2.05) is 6.92 Å². The Bertz CT molecular complexity index is 695. The fraction of sp³-hybridized carbons (Fsp3) is 0.429. The summed E-state index contributed by atoms with van der Waals surface area (Å²) in [6.07, 6.45) is 0.552. The molecule has 2 N–H and O–H groups in total. The minimum absolute atomic E-state index is 0.268. The molecule has 1 atom stereocenters. The monoisotopic (exact) mass is 291 g/mol. The summed E-state index contributed by atoms with van der Waals surface area (Å²) in [5.74, 6) is 1.20. The van der Waals surface area contributed by atoms with Crippen LogP contribution in [0.15, 0.2) is 12.1 Å². The van der Waals surface area contributed by atoms with Gasteiger partial charge >= 0.3 is 5.97 Å². The summed E-state index contributed by atoms with van der Waals surface area (Å²) in [6.45, 7) is 2.90. The third-order valence-electron chi connectivity index (χ3n) is 3.55. The van der Waals surface area contributed by atoms with Gasteiger partial charge in [-0.3, -0.25) is 4.57 Å². The summed E-state index contributed by atoms with van der Waals surface area (Å²) < 4.78 is 17.6. The van der Waals surface area contributed by atoms with Gasteiger partial charge in [0, 0.05) is 12.1 Å². The van der Waals surface area contributed by atoms with Crippen molar-refractivity contribution < 1.29 is 19.0 Å². The Morgan fingerprint density at radius 1 is 1.43 bits per heavy atom. The molecule has 1 unspecified atom stereocenters. The largest absolute Gasteiger partial charge is 0.486 e. The van der Waals surface area contributed by atoms with Gasteiger partial charge in [0.15, 0.2) is 11.5 Å². The molecule has 3 rings (SSSR count). The molecule has 1 aliphatic heterocycles. The van der Waals surface area contributed by atoms with E-state index in [1.165, 1.54) is 7.11 Å². The third kappa shape index (κ3) is 2.14. The Morgan fingerprint density at radius 2 is 2.10 bits per heavy atom. The van der Waals surface area contributed by atoms with Crippen LogP contribution in [0.5, 0.6) is 11.5 Å². The number of esters is 1. The lowest BCUT2D eigenvalue weighted by Gasteiger charge is -2.20. The van der Waals surface area contributed by atoms with Crippen LogP contribution < -0.4 is 15.2 Å². The highest BCUT2D eigenvalue weighted by Crippen LogP contribution is 2.36. The van der Waals surface area contributed by atoms with Gasteiger partial charge in [-0.2, -0.15) is 0 Å². The van der Waals surface area contributed by atoms with Crippen LogP contribution in [0, 0.1) is 0 Å². The van der Waals surface area contributed by atoms with Crippen LogP contribution in [0.1, 0.15) is 19.4 Å². The molecule has 0 bridgehead atoms. The second-order valence-electron chi connectivity index (χ2n) is 4.77. The summed E-state index contributed by atoms with van der Waals surface area (Å²) in [4.78, 5) is 16.2.